The second-order valence-electron chi connectivity index (χ2n) is 6.84. The molecular weight excluding hydrogens is 369 g/mol. The maximum Gasteiger partial charge on any atom is 0.251 e. The number of primary amides is 1. The Morgan fingerprint density at radius 3 is 2.54 bits per heavy atom. The number of likely N-dealkylation sites (tertiary alicyclic amines) is 1. The lowest BCUT2D eigenvalue weighted by Crippen LogP contribution is -2.41. The zero-order valence-corrected chi connectivity index (χ0v) is 16.5. The molecular formula is C20H23Cl2N3O. The smallest absolute Gasteiger partial charge is 0.251 e. The van der Waals surface area contributed by atoms with E-state index in [0.717, 1.165) is 42.7 Å². The molecule has 0 aromatic heterocycles. The van der Waals surface area contributed by atoms with E-state index in [1.165, 1.54) is 0 Å². The second-order valence-corrected chi connectivity index (χ2v) is 7.63. The molecule has 0 aliphatic carbocycles. The summed E-state index contributed by atoms with van der Waals surface area (Å²) >= 11 is 12.5. The third kappa shape index (κ3) is 3.83. The van der Waals surface area contributed by atoms with Gasteiger partial charge in [0.15, 0.2) is 0 Å². The standard InChI is InChI=1S/C20H23Cl2N3O/c1-24-10-8-14(9-11-24)25(2)15-5-3-4-13(12-15)16-6-7-17(21)18(19(16)22)20(23)26/h3-7,12,14H,8-11H2,1-2H3,(H2,23,26). The quantitative estimate of drug-likeness (QED) is 0.845. The summed E-state index contributed by atoms with van der Waals surface area (Å²) in [5.41, 5.74) is 8.41. The van der Waals surface area contributed by atoms with Crippen LogP contribution in [0.3, 0.4) is 0 Å². The summed E-state index contributed by atoms with van der Waals surface area (Å²) in [4.78, 5) is 16.4. The highest BCUT2D eigenvalue weighted by Gasteiger charge is 2.22. The Balaban J connectivity index is 1.93. The molecule has 26 heavy (non-hydrogen) atoms. The first-order valence-corrected chi connectivity index (χ1v) is 9.43. The Morgan fingerprint density at radius 1 is 1.19 bits per heavy atom. The van der Waals surface area contributed by atoms with Gasteiger partial charge in [0.1, 0.15) is 0 Å². The molecule has 138 valence electrons. The van der Waals surface area contributed by atoms with E-state index in [2.05, 4.69) is 36.0 Å². The van der Waals surface area contributed by atoms with E-state index >= 15 is 0 Å². The number of benzene rings is 2. The van der Waals surface area contributed by atoms with Gasteiger partial charge in [-0.2, -0.15) is 0 Å². The first-order valence-electron chi connectivity index (χ1n) is 8.68. The molecule has 2 aromatic rings. The number of piperidine rings is 1. The molecule has 0 atom stereocenters. The summed E-state index contributed by atoms with van der Waals surface area (Å²) in [6, 6.07) is 12.2. The molecule has 0 bridgehead atoms. The van der Waals surface area contributed by atoms with Crippen LogP contribution in [0.15, 0.2) is 36.4 Å². The topological polar surface area (TPSA) is 49.6 Å². The van der Waals surface area contributed by atoms with Gasteiger partial charge < -0.3 is 15.5 Å². The SMILES string of the molecule is CN1CCC(N(C)c2cccc(-c3ccc(Cl)c(C(N)=O)c3Cl)c2)CC1. The number of nitrogens with zero attached hydrogens (tertiary/aromatic N) is 2. The molecule has 1 aliphatic rings. The number of hydrogen-bond acceptors (Lipinski definition) is 3. The van der Waals surface area contributed by atoms with Gasteiger partial charge in [-0.15, -0.1) is 0 Å². The molecule has 1 aliphatic heterocycles. The van der Waals surface area contributed by atoms with Crippen molar-refractivity contribution in [1.29, 1.82) is 0 Å². The van der Waals surface area contributed by atoms with E-state index in [1.54, 1.807) is 6.07 Å². The van der Waals surface area contributed by atoms with Crippen LogP contribution in [0.1, 0.15) is 23.2 Å². The lowest BCUT2D eigenvalue weighted by Gasteiger charge is -2.36. The summed E-state index contributed by atoms with van der Waals surface area (Å²) in [7, 11) is 4.29. The molecule has 6 heteroatoms. The van der Waals surface area contributed by atoms with Crippen LogP contribution in [0.4, 0.5) is 5.69 Å². The average molecular weight is 392 g/mol. The molecule has 3 rings (SSSR count). The van der Waals surface area contributed by atoms with Crippen molar-refractivity contribution in [1.82, 2.24) is 4.90 Å². The van der Waals surface area contributed by atoms with Crippen LogP contribution in [0.5, 0.6) is 0 Å². The highest BCUT2D eigenvalue weighted by Crippen LogP contribution is 2.36. The maximum atomic E-state index is 11.7. The molecule has 1 amide bonds. The largest absolute Gasteiger partial charge is 0.371 e. The molecule has 1 fully saturated rings. The van der Waals surface area contributed by atoms with E-state index in [0.29, 0.717) is 11.1 Å². The molecule has 1 saturated heterocycles. The zero-order chi connectivity index (χ0) is 18.8. The minimum absolute atomic E-state index is 0.167. The average Bonchev–Trinajstić information content (AvgIpc) is 2.61. The number of carbonyl (C=O) groups excluding carboxylic acids is 1. The van der Waals surface area contributed by atoms with Gasteiger partial charge in [-0.3, -0.25) is 4.79 Å². The maximum absolute atomic E-state index is 11.7. The van der Waals surface area contributed by atoms with Crippen molar-refractivity contribution in [2.45, 2.75) is 18.9 Å². The lowest BCUT2D eigenvalue weighted by molar-refractivity contribution is 0.100. The monoisotopic (exact) mass is 391 g/mol. The first-order chi connectivity index (χ1) is 12.4. The van der Waals surface area contributed by atoms with Gasteiger partial charge in [0.25, 0.3) is 5.91 Å². The zero-order valence-electron chi connectivity index (χ0n) is 15.0. The van der Waals surface area contributed by atoms with Crippen LogP contribution in [-0.4, -0.2) is 44.0 Å². The van der Waals surface area contributed by atoms with Crippen LogP contribution >= 0.6 is 23.2 Å². The summed E-state index contributed by atoms with van der Waals surface area (Å²) in [5, 5.41) is 0.565. The van der Waals surface area contributed by atoms with Crippen molar-refractivity contribution in [3.8, 4) is 11.1 Å². The van der Waals surface area contributed by atoms with Gasteiger partial charge in [-0.05, 0) is 56.7 Å². The number of nitrogens with two attached hydrogens (primary N) is 1. The fraction of sp³-hybridized carbons (Fsp3) is 0.350. The predicted molar refractivity (Wildman–Crippen MR) is 109 cm³/mol. The number of amides is 1. The van der Waals surface area contributed by atoms with E-state index in [-0.39, 0.29) is 10.6 Å². The van der Waals surface area contributed by atoms with Gasteiger partial charge >= 0.3 is 0 Å². The van der Waals surface area contributed by atoms with Crippen molar-refractivity contribution in [3.05, 3.63) is 52.0 Å². The number of rotatable bonds is 4. The van der Waals surface area contributed by atoms with Crippen molar-refractivity contribution < 1.29 is 4.79 Å². The number of halogens is 2. The molecule has 0 saturated carbocycles. The normalized spacial score (nSPS) is 15.8. The van der Waals surface area contributed by atoms with Crippen LogP contribution in [0.2, 0.25) is 10.0 Å². The highest BCUT2D eigenvalue weighted by atomic mass is 35.5. The second kappa shape index (κ2) is 7.87. The summed E-state index contributed by atoms with van der Waals surface area (Å²) < 4.78 is 0. The predicted octanol–water partition coefficient (Wildman–Crippen LogP) is 4.29. The Labute approximate surface area is 164 Å². The highest BCUT2D eigenvalue weighted by molar-refractivity contribution is 6.41. The summed E-state index contributed by atoms with van der Waals surface area (Å²) in [5.74, 6) is -0.624. The van der Waals surface area contributed by atoms with E-state index < -0.39 is 5.91 Å². The Morgan fingerprint density at radius 2 is 1.88 bits per heavy atom. The van der Waals surface area contributed by atoms with E-state index in [9.17, 15) is 4.79 Å². The fourth-order valence-electron chi connectivity index (χ4n) is 3.49. The van der Waals surface area contributed by atoms with E-state index in [4.69, 9.17) is 28.9 Å². The lowest BCUT2D eigenvalue weighted by atomic mass is 10.00. The molecule has 0 radical (unpaired) electrons. The molecule has 2 N–H and O–H groups in total. The van der Waals surface area contributed by atoms with Gasteiger partial charge in [0.2, 0.25) is 0 Å². The molecule has 4 nitrogen and oxygen atoms in total. The van der Waals surface area contributed by atoms with Crippen LogP contribution < -0.4 is 10.6 Å². The van der Waals surface area contributed by atoms with Crippen molar-refractivity contribution >= 4 is 34.8 Å². The van der Waals surface area contributed by atoms with Gasteiger partial charge in [0.05, 0.1) is 15.6 Å². The van der Waals surface area contributed by atoms with E-state index in [1.807, 2.05) is 18.2 Å². The molecule has 1 heterocycles. The van der Waals surface area contributed by atoms with Crippen LogP contribution in [0, 0.1) is 0 Å². The molecule has 0 unspecified atom stereocenters. The van der Waals surface area contributed by atoms with Crippen LogP contribution in [-0.2, 0) is 0 Å². The van der Waals surface area contributed by atoms with Gasteiger partial charge in [0, 0.05) is 24.3 Å². The van der Waals surface area contributed by atoms with Gasteiger partial charge in [-0.25, -0.2) is 0 Å². The van der Waals surface area contributed by atoms with Crippen molar-refractivity contribution in [3.63, 3.8) is 0 Å². The van der Waals surface area contributed by atoms with Crippen molar-refractivity contribution in [2.75, 3.05) is 32.1 Å². The summed E-state index contributed by atoms with van der Waals surface area (Å²) in [6.07, 6.45) is 2.29. The third-order valence-corrected chi connectivity index (χ3v) is 5.85. The minimum atomic E-state index is -0.624. The molecule has 0 spiro atoms. The summed E-state index contributed by atoms with van der Waals surface area (Å²) in [6.45, 7) is 2.22. The van der Waals surface area contributed by atoms with Crippen LogP contribution in [0.25, 0.3) is 11.1 Å². The Kier molecular flexibility index (Phi) is 5.76. The molecule has 2 aromatic carbocycles. The third-order valence-electron chi connectivity index (χ3n) is 5.14. The first kappa shape index (κ1) is 19.0. The van der Waals surface area contributed by atoms with Gasteiger partial charge in [-0.1, -0.05) is 41.4 Å². The number of hydrogen-bond donors (Lipinski definition) is 1. The Bertz CT molecular complexity index is 817. The number of anilines is 1. The minimum Gasteiger partial charge on any atom is -0.371 e. The fourth-order valence-corrected chi connectivity index (χ4v) is 4.15. The Hall–Kier alpha value is -1.75. The van der Waals surface area contributed by atoms with Crippen molar-refractivity contribution in [2.24, 2.45) is 5.73 Å². The number of carbonyl (C=O) groups is 1.